The van der Waals surface area contributed by atoms with Gasteiger partial charge in [0.25, 0.3) is 0 Å². The van der Waals surface area contributed by atoms with Crippen molar-refractivity contribution in [1.29, 1.82) is 0 Å². The molecule has 0 atom stereocenters. The van der Waals surface area contributed by atoms with Crippen molar-refractivity contribution in [2.24, 2.45) is 0 Å². The molecule has 9 nitrogen and oxygen atoms in total. The summed E-state index contributed by atoms with van der Waals surface area (Å²) in [6, 6.07) is 7.85. The fourth-order valence-electron chi connectivity index (χ4n) is 1.83. The van der Waals surface area contributed by atoms with Gasteiger partial charge in [-0.25, -0.2) is 9.59 Å². The number of carbonyl (C=O) groups is 2. The summed E-state index contributed by atoms with van der Waals surface area (Å²) in [7, 11) is 4.61. The third-order valence-electron chi connectivity index (χ3n) is 3.07. The van der Waals surface area contributed by atoms with E-state index in [2.05, 4.69) is 8.91 Å². The standard InChI is InChI=1S/C9H9ClINO2.C9H10ClNO2.CHO2.Ca.ClI.H2O/c1-2-14-9(13)5-3-7(11)8(12)4-6(5)10;1-2-13-9(12)7-4-3-6(11)5-8(7)10;2-1-3;;1-2;/h3-4H,2,12H2,1H3;3-5H,2,11H2,1H3;(H,2,3);;;1H2/q;;-1;+2;;/p-1. The molecule has 0 aliphatic rings. The van der Waals surface area contributed by atoms with Gasteiger partial charge >= 0.3 is 49.7 Å². The van der Waals surface area contributed by atoms with Crippen molar-refractivity contribution < 1.29 is 34.4 Å². The zero-order valence-electron chi connectivity index (χ0n) is 18.0. The van der Waals surface area contributed by atoms with Crippen molar-refractivity contribution in [2.75, 3.05) is 24.7 Å². The number of hydrogen-bond donors (Lipinski definition) is 3. The van der Waals surface area contributed by atoms with Crippen molar-refractivity contribution in [3.63, 3.8) is 0 Å². The monoisotopic (exact) mass is 788 g/mol. The molecule has 0 aliphatic heterocycles. The van der Waals surface area contributed by atoms with E-state index in [1.54, 1.807) is 59.6 Å². The first-order valence-corrected chi connectivity index (χ1v) is 13.0. The SMILES string of the molecule is CCOC(=O)c1cc(I)c(N)cc1Cl.CCOC(=O)c1ccc(N)cc1Cl.ClI.O=[C-]O.[Ca+2].[OH-]. The maximum Gasteiger partial charge on any atom is 2.00 e. The average Bonchev–Trinajstić information content (AvgIpc) is 2.73. The second-order valence-corrected chi connectivity index (χ2v) is 7.10. The van der Waals surface area contributed by atoms with Crippen molar-refractivity contribution in [1.82, 2.24) is 0 Å². The molecular weight excluding hydrogens is 768 g/mol. The summed E-state index contributed by atoms with van der Waals surface area (Å²) >= 11 is 15.3. The molecule has 0 aromatic heterocycles. The Bertz CT molecular complexity index is 897. The second kappa shape index (κ2) is 24.7. The number of halogens is 5. The number of aliphatic hydroxyl groups excluding tert-OH is 1. The molecule has 0 saturated heterocycles. The Morgan fingerprint density at radius 3 is 1.79 bits per heavy atom. The number of benzene rings is 2. The molecule has 0 saturated carbocycles. The molecule has 0 radical (unpaired) electrons. The molecule has 0 bridgehead atoms. The zero-order chi connectivity index (χ0) is 25.3. The number of ether oxygens (including phenoxy) is 2. The molecule has 0 aliphatic carbocycles. The Balaban J connectivity index is -0.000000212. The molecule has 2 rings (SSSR count). The van der Waals surface area contributed by atoms with Crippen molar-refractivity contribution in [3.05, 3.63) is 55.1 Å². The minimum absolute atomic E-state index is 0. The molecule has 0 unspecified atom stereocenters. The van der Waals surface area contributed by atoms with Crippen LogP contribution in [0.2, 0.25) is 10.0 Å². The van der Waals surface area contributed by atoms with Gasteiger partial charge in [-0.1, -0.05) is 29.7 Å². The van der Waals surface area contributed by atoms with Crippen molar-refractivity contribution >= 4 is 144 Å². The van der Waals surface area contributed by atoms with Gasteiger partial charge in [-0.2, -0.15) is 0 Å². The molecule has 34 heavy (non-hydrogen) atoms. The van der Waals surface area contributed by atoms with E-state index in [0.717, 1.165) is 3.57 Å². The van der Waals surface area contributed by atoms with Crippen LogP contribution in [0.15, 0.2) is 30.3 Å². The zero-order valence-corrected chi connectivity index (χ0v) is 26.8. The van der Waals surface area contributed by atoms with Gasteiger partial charge in [0, 0.05) is 36.4 Å². The van der Waals surface area contributed by atoms with Gasteiger partial charge in [-0.15, -0.1) is 0 Å². The van der Waals surface area contributed by atoms with E-state index >= 15 is 0 Å². The molecule has 2 aromatic rings. The predicted molar refractivity (Wildman–Crippen MR) is 152 cm³/mol. The summed E-state index contributed by atoms with van der Waals surface area (Å²) in [6.07, 6.45) is 0. The smallest absolute Gasteiger partial charge is 0.870 e. The molecule has 6 N–H and O–H groups in total. The summed E-state index contributed by atoms with van der Waals surface area (Å²) in [5.74, 6) is -0.845. The Hall–Kier alpha value is -0.000260. The Kier molecular flexibility index (Phi) is 29.9. The van der Waals surface area contributed by atoms with Gasteiger partial charge in [-0.05, 0) is 75.7 Å². The molecule has 186 valence electrons. The summed E-state index contributed by atoms with van der Waals surface area (Å²) in [6.45, 7) is 4.65. The van der Waals surface area contributed by atoms with Crippen LogP contribution in [0.1, 0.15) is 34.6 Å². The van der Waals surface area contributed by atoms with Gasteiger partial charge in [0.1, 0.15) is 0 Å². The minimum Gasteiger partial charge on any atom is -0.870 e. The van der Waals surface area contributed by atoms with Crippen molar-refractivity contribution in [2.45, 2.75) is 13.8 Å². The third kappa shape index (κ3) is 16.6. The van der Waals surface area contributed by atoms with Crippen LogP contribution in [0.5, 0.6) is 0 Å². The largest absolute Gasteiger partial charge is 2.00 e. The van der Waals surface area contributed by atoms with Crippen LogP contribution in [-0.2, 0) is 14.3 Å². The summed E-state index contributed by atoms with van der Waals surface area (Å²) < 4.78 is 10.4. The van der Waals surface area contributed by atoms with Crippen LogP contribution < -0.4 is 11.5 Å². The summed E-state index contributed by atoms with van der Waals surface area (Å²) in [5.41, 5.74) is 12.9. The molecular formula is C19H21CaCl3I2N2O7. The van der Waals surface area contributed by atoms with E-state index in [1.165, 1.54) is 6.07 Å². The maximum absolute atomic E-state index is 11.4. The normalized spacial score (nSPS) is 8.32. The van der Waals surface area contributed by atoms with Gasteiger partial charge in [0.2, 0.25) is 0 Å². The minimum atomic E-state index is -0.424. The molecule has 15 heteroatoms. The fourth-order valence-corrected chi connectivity index (χ4v) is 2.82. The van der Waals surface area contributed by atoms with Crippen LogP contribution in [0.25, 0.3) is 0 Å². The van der Waals surface area contributed by atoms with Gasteiger partial charge in [0.15, 0.2) is 0 Å². The maximum atomic E-state index is 11.4. The average molecular weight is 790 g/mol. The van der Waals surface area contributed by atoms with Crippen LogP contribution in [0, 0.1) is 3.57 Å². The Morgan fingerprint density at radius 2 is 1.38 bits per heavy atom. The fraction of sp³-hybridized carbons (Fsp3) is 0.211. The molecule has 0 fully saturated rings. The number of rotatable bonds is 4. The van der Waals surface area contributed by atoms with Gasteiger partial charge in [-0.3, -0.25) is 0 Å². The number of anilines is 2. The second-order valence-electron chi connectivity index (χ2n) is 5.13. The number of hydrogen-bond acceptors (Lipinski definition) is 8. The summed E-state index contributed by atoms with van der Waals surface area (Å²) in [5, 5.41) is 7.40. The molecule has 0 amide bonds. The number of nitrogens with two attached hydrogens (primary N) is 2. The summed E-state index contributed by atoms with van der Waals surface area (Å²) in [4.78, 5) is 30.8. The molecule has 0 heterocycles. The van der Waals surface area contributed by atoms with E-state index in [1.807, 2.05) is 22.6 Å². The van der Waals surface area contributed by atoms with E-state index in [0.29, 0.717) is 52.2 Å². The van der Waals surface area contributed by atoms with Gasteiger partial charge in [0.05, 0.1) is 34.4 Å². The van der Waals surface area contributed by atoms with Crippen LogP contribution in [0.3, 0.4) is 0 Å². The van der Waals surface area contributed by atoms with E-state index in [-0.39, 0.29) is 43.2 Å². The quantitative estimate of drug-likeness (QED) is 0.120. The van der Waals surface area contributed by atoms with E-state index in [4.69, 9.17) is 54.0 Å². The van der Waals surface area contributed by atoms with Crippen LogP contribution in [-0.4, -0.2) is 79.9 Å². The number of nitrogen functional groups attached to an aromatic ring is 2. The Labute approximate surface area is 268 Å². The van der Waals surface area contributed by atoms with Crippen LogP contribution in [0.4, 0.5) is 11.4 Å². The third-order valence-corrected chi connectivity index (χ3v) is 4.63. The first kappa shape index (κ1) is 41.1. The van der Waals surface area contributed by atoms with E-state index in [9.17, 15) is 9.59 Å². The molecule has 0 spiro atoms. The van der Waals surface area contributed by atoms with E-state index < -0.39 is 11.9 Å². The molecule has 2 aromatic carbocycles. The van der Waals surface area contributed by atoms with Gasteiger partial charge < -0.3 is 36.3 Å². The topological polar surface area (TPSA) is 172 Å². The van der Waals surface area contributed by atoms with Crippen LogP contribution >= 0.6 is 76.2 Å². The first-order valence-electron chi connectivity index (χ1n) is 8.42. The predicted octanol–water partition coefficient (Wildman–Crippen LogP) is 5.43. The Morgan fingerprint density at radius 1 is 0.971 bits per heavy atom. The first-order chi connectivity index (χ1) is 15.1. The number of carbonyl (C=O) groups excluding carboxylic acids is 2. The van der Waals surface area contributed by atoms with Crippen molar-refractivity contribution in [3.8, 4) is 0 Å². The number of esters is 2.